The Morgan fingerprint density at radius 3 is 2.80 bits per heavy atom. The zero-order valence-electron chi connectivity index (χ0n) is 11.4. The van der Waals surface area contributed by atoms with Gasteiger partial charge < -0.3 is 5.32 Å². The summed E-state index contributed by atoms with van der Waals surface area (Å²) in [7, 11) is 0. The first-order valence-electron chi connectivity index (χ1n) is 6.56. The summed E-state index contributed by atoms with van der Waals surface area (Å²) in [5.74, 6) is 0. The summed E-state index contributed by atoms with van der Waals surface area (Å²) >= 11 is 1.61. The normalized spacial score (nSPS) is 19.1. The van der Waals surface area contributed by atoms with Crippen LogP contribution in [0.15, 0.2) is 23.2 Å². The molecule has 0 aromatic heterocycles. The van der Waals surface area contributed by atoms with Crippen LogP contribution in [-0.4, -0.2) is 17.0 Å². The number of anilines is 1. The highest BCUT2D eigenvalue weighted by molar-refractivity contribution is 8.15. The third kappa shape index (κ3) is 3.69. The molecule has 2 rings (SSSR count). The average molecular weight is 302 g/mol. The third-order valence-electron chi connectivity index (χ3n) is 3.12. The van der Waals surface area contributed by atoms with Crippen LogP contribution in [0.3, 0.4) is 0 Å². The van der Waals surface area contributed by atoms with Gasteiger partial charge in [-0.3, -0.25) is 4.99 Å². The number of aryl methyl sites for hydroxylation is 1. The lowest BCUT2D eigenvalue weighted by atomic mass is 10.1. The summed E-state index contributed by atoms with van der Waals surface area (Å²) in [5, 5.41) is 4.13. The molecule has 1 atom stereocenters. The maximum Gasteiger partial charge on any atom is 0.416 e. The molecule has 1 aliphatic heterocycles. The first-order valence-corrected chi connectivity index (χ1v) is 7.44. The molecule has 6 heteroatoms. The molecule has 0 amide bonds. The molecule has 0 fully saturated rings. The number of hydrogen-bond acceptors (Lipinski definition) is 3. The molecule has 0 aliphatic carbocycles. The number of nitrogens with zero attached hydrogens (tertiary/aromatic N) is 1. The van der Waals surface area contributed by atoms with Crippen molar-refractivity contribution < 1.29 is 13.2 Å². The highest BCUT2D eigenvalue weighted by atomic mass is 32.2. The van der Waals surface area contributed by atoms with E-state index in [1.54, 1.807) is 17.8 Å². The van der Waals surface area contributed by atoms with Crippen LogP contribution in [0.4, 0.5) is 18.9 Å². The second-order valence-corrected chi connectivity index (χ2v) is 6.12. The van der Waals surface area contributed by atoms with Crippen molar-refractivity contribution in [2.24, 2.45) is 4.99 Å². The average Bonchev–Trinajstić information content (AvgIpc) is 2.78. The van der Waals surface area contributed by atoms with E-state index in [0.29, 0.717) is 16.1 Å². The van der Waals surface area contributed by atoms with Gasteiger partial charge in [-0.1, -0.05) is 31.2 Å². The van der Waals surface area contributed by atoms with E-state index in [1.165, 1.54) is 13.0 Å². The number of thioether (sulfide) groups is 1. The zero-order valence-corrected chi connectivity index (χ0v) is 12.2. The van der Waals surface area contributed by atoms with Crippen molar-refractivity contribution in [3.05, 3.63) is 29.3 Å². The van der Waals surface area contributed by atoms with Crippen molar-refractivity contribution in [3.63, 3.8) is 0 Å². The molecule has 110 valence electrons. The van der Waals surface area contributed by atoms with Crippen LogP contribution in [0.1, 0.15) is 30.9 Å². The number of rotatable bonds is 3. The van der Waals surface area contributed by atoms with Crippen LogP contribution in [-0.2, 0) is 6.18 Å². The minimum absolute atomic E-state index is 0.230. The quantitative estimate of drug-likeness (QED) is 0.875. The maximum atomic E-state index is 12.8. The summed E-state index contributed by atoms with van der Waals surface area (Å²) in [6.45, 7) is 4.31. The molecule has 1 aromatic carbocycles. The third-order valence-corrected chi connectivity index (χ3v) is 4.29. The van der Waals surface area contributed by atoms with Gasteiger partial charge in [-0.2, -0.15) is 13.2 Å². The highest BCUT2D eigenvalue weighted by Crippen LogP contribution is 2.34. The molecule has 1 unspecified atom stereocenters. The summed E-state index contributed by atoms with van der Waals surface area (Å²) < 4.78 is 38.5. The smallest absolute Gasteiger partial charge is 0.335 e. The molecule has 0 spiro atoms. The van der Waals surface area contributed by atoms with E-state index in [2.05, 4.69) is 17.2 Å². The summed E-state index contributed by atoms with van der Waals surface area (Å²) in [4.78, 5) is 4.33. The Kier molecular flexibility index (Phi) is 4.62. The predicted octanol–water partition coefficient (Wildman–Crippen LogP) is 4.70. The van der Waals surface area contributed by atoms with Crippen LogP contribution in [0.25, 0.3) is 0 Å². The van der Waals surface area contributed by atoms with Gasteiger partial charge in [-0.15, -0.1) is 0 Å². The molecule has 1 aliphatic rings. The van der Waals surface area contributed by atoms with E-state index in [-0.39, 0.29) is 5.56 Å². The zero-order chi connectivity index (χ0) is 14.8. The molecule has 0 saturated heterocycles. The monoisotopic (exact) mass is 302 g/mol. The number of benzene rings is 1. The van der Waals surface area contributed by atoms with E-state index in [4.69, 9.17) is 0 Å². The largest absolute Gasteiger partial charge is 0.416 e. The Bertz CT molecular complexity index is 512. The summed E-state index contributed by atoms with van der Waals surface area (Å²) in [5.41, 5.74) is 0.0652. The molecule has 1 aromatic rings. The van der Waals surface area contributed by atoms with Crippen LogP contribution in [0.5, 0.6) is 0 Å². The molecule has 0 bridgehead atoms. The topological polar surface area (TPSA) is 24.4 Å². The lowest BCUT2D eigenvalue weighted by Crippen LogP contribution is -2.11. The van der Waals surface area contributed by atoms with E-state index in [9.17, 15) is 13.2 Å². The van der Waals surface area contributed by atoms with Gasteiger partial charge in [0, 0.05) is 10.9 Å². The van der Waals surface area contributed by atoms with Crippen molar-refractivity contribution >= 4 is 22.6 Å². The summed E-state index contributed by atoms with van der Waals surface area (Å²) in [6.07, 6.45) is -2.17. The van der Waals surface area contributed by atoms with Gasteiger partial charge in [0.25, 0.3) is 0 Å². The molecular formula is C14H17F3N2S. The summed E-state index contributed by atoms with van der Waals surface area (Å²) in [6, 6.07) is 4.28. The number of nitrogens with one attached hydrogen (secondary N) is 1. The number of aliphatic imine (C=N–C) groups is 1. The van der Waals surface area contributed by atoms with Crippen LogP contribution in [0, 0.1) is 6.92 Å². The fourth-order valence-corrected chi connectivity index (χ4v) is 3.23. The first kappa shape index (κ1) is 15.2. The van der Waals surface area contributed by atoms with Gasteiger partial charge in [0.1, 0.15) is 0 Å². The minimum Gasteiger partial charge on any atom is -0.335 e. The van der Waals surface area contributed by atoms with Crippen LogP contribution in [0.2, 0.25) is 0 Å². The first-order chi connectivity index (χ1) is 9.40. The second-order valence-electron chi connectivity index (χ2n) is 4.83. The van der Waals surface area contributed by atoms with E-state index in [0.717, 1.165) is 25.5 Å². The van der Waals surface area contributed by atoms with Gasteiger partial charge in [-0.25, -0.2) is 0 Å². The van der Waals surface area contributed by atoms with Gasteiger partial charge in [-0.05, 0) is 31.0 Å². The van der Waals surface area contributed by atoms with Gasteiger partial charge in [0.15, 0.2) is 5.17 Å². The molecule has 0 saturated carbocycles. The lowest BCUT2D eigenvalue weighted by molar-refractivity contribution is -0.138. The SMILES string of the molecule is CCCC1CN=C(Nc2ccc(C)c(C(F)(F)F)c2)S1. The Hall–Kier alpha value is -1.17. The van der Waals surface area contributed by atoms with E-state index >= 15 is 0 Å². The van der Waals surface area contributed by atoms with E-state index in [1.807, 2.05) is 0 Å². The minimum atomic E-state index is -4.32. The second kappa shape index (κ2) is 6.08. The number of alkyl halides is 3. The van der Waals surface area contributed by atoms with Gasteiger partial charge in [0.05, 0.1) is 12.1 Å². The van der Waals surface area contributed by atoms with Crippen molar-refractivity contribution in [3.8, 4) is 0 Å². The van der Waals surface area contributed by atoms with Crippen LogP contribution >= 0.6 is 11.8 Å². The predicted molar refractivity (Wildman–Crippen MR) is 78.4 cm³/mol. The number of hydrogen-bond donors (Lipinski definition) is 1. The maximum absolute atomic E-state index is 12.8. The fraction of sp³-hybridized carbons (Fsp3) is 0.500. The Morgan fingerprint density at radius 2 is 2.15 bits per heavy atom. The van der Waals surface area contributed by atoms with Crippen molar-refractivity contribution in [2.45, 2.75) is 38.1 Å². The molecule has 1 N–H and O–H groups in total. The van der Waals surface area contributed by atoms with Crippen LogP contribution < -0.4 is 5.32 Å². The Balaban J connectivity index is 2.08. The molecule has 0 radical (unpaired) electrons. The number of amidine groups is 1. The van der Waals surface area contributed by atoms with Crippen molar-refractivity contribution in [1.29, 1.82) is 0 Å². The number of halogens is 3. The van der Waals surface area contributed by atoms with Crippen molar-refractivity contribution in [1.82, 2.24) is 0 Å². The lowest BCUT2D eigenvalue weighted by Gasteiger charge is -2.13. The Morgan fingerprint density at radius 1 is 1.40 bits per heavy atom. The van der Waals surface area contributed by atoms with E-state index < -0.39 is 11.7 Å². The molecule has 20 heavy (non-hydrogen) atoms. The molecule has 2 nitrogen and oxygen atoms in total. The van der Waals surface area contributed by atoms with Gasteiger partial charge >= 0.3 is 6.18 Å². The van der Waals surface area contributed by atoms with Crippen molar-refractivity contribution in [2.75, 3.05) is 11.9 Å². The molecule has 1 heterocycles. The highest BCUT2D eigenvalue weighted by Gasteiger charge is 2.32. The van der Waals surface area contributed by atoms with Gasteiger partial charge in [0.2, 0.25) is 0 Å². The molecular weight excluding hydrogens is 285 g/mol. The Labute approximate surface area is 120 Å². The fourth-order valence-electron chi connectivity index (χ4n) is 2.09. The standard InChI is InChI=1S/C14H17F3N2S/c1-3-4-11-8-18-13(20-11)19-10-6-5-9(2)12(7-10)14(15,16)17/h5-7,11H,3-4,8H2,1-2H3,(H,18,19).